The second-order valence-corrected chi connectivity index (χ2v) is 7.74. The number of carboxylic acid groups (broad SMARTS) is 1. The van der Waals surface area contributed by atoms with Gasteiger partial charge in [0.2, 0.25) is 0 Å². The molecule has 0 aliphatic carbocycles. The van der Waals surface area contributed by atoms with Crippen molar-refractivity contribution in [2.45, 2.75) is 19.8 Å². The predicted molar refractivity (Wildman–Crippen MR) is 103 cm³/mol. The number of rotatable bonds is 5. The molecule has 0 spiro atoms. The van der Waals surface area contributed by atoms with E-state index in [1.54, 1.807) is 12.0 Å². The van der Waals surface area contributed by atoms with Gasteiger partial charge in [-0.1, -0.05) is 19.1 Å². The quantitative estimate of drug-likeness (QED) is 0.825. The minimum atomic E-state index is -0.817. The van der Waals surface area contributed by atoms with Gasteiger partial charge in [0.05, 0.1) is 18.7 Å². The lowest BCUT2D eigenvalue weighted by Gasteiger charge is -2.34. The van der Waals surface area contributed by atoms with Crippen LogP contribution in [0.5, 0.6) is 5.75 Å². The summed E-state index contributed by atoms with van der Waals surface area (Å²) in [7, 11) is 1.68. The number of benzene rings is 1. The SMILES string of the molecule is COc1ccccc1N1CCC(CNC(=O)N2CC(C)CC(C(=O)O)C2)C1. The third-order valence-corrected chi connectivity index (χ3v) is 5.55. The van der Waals surface area contributed by atoms with Crippen LogP contribution in [0.2, 0.25) is 0 Å². The van der Waals surface area contributed by atoms with E-state index in [0.29, 0.717) is 32.0 Å². The molecule has 7 heteroatoms. The molecule has 148 valence electrons. The zero-order chi connectivity index (χ0) is 19.4. The molecular formula is C20H29N3O4. The highest BCUT2D eigenvalue weighted by Gasteiger charge is 2.32. The number of amides is 2. The monoisotopic (exact) mass is 375 g/mol. The maximum Gasteiger partial charge on any atom is 0.317 e. The zero-order valence-corrected chi connectivity index (χ0v) is 16.1. The van der Waals surface area contributed by atoms with Gasteiger partial charge in [-0.05, 0) is 36.8 Å². The maximum absolute atomic E-state index is 12.5. The van der Waals surface area contributed by atoms with E-state index in [-0.39, 0.29) is 11.9 Å². The van der Waals surface area contributed by atoms with E-state index in [4.69, 9.17) is 4.74 Å². The van der Waals surface area contributed by atoms with Crippen LogP contribution < -0.4 is 15.0 Å². The molecule has 7 nitrogen and oxygen atoms in total. The van der Waals surface area contributed by atoms with Crippen molar-refractivity contribution in [2.24, 2.45) is 17.8 Å². The first kappa shape index (κ1) is 19.3. The number of anilines is 1. The van der Waals surface area contributed by atoms with Crippen molar-refractivity contribution < 1.29 is 19.4 Å². The first-order valence-electron chi connectivity index (χ1n) is 9.61. The van der Waals surface area contributed by atoms with Crippen LogP contribution in [0.15, 0.2) is 24.3 Å². The fraction of sp³-hybridized carbons (Fsp3) is 0.600. The van der Waals surface area contributed by atoms with E-state index >= 15 is 0 Å². The van der Waals surface area contributed by atoms with Crippen LogP contribution in [0.1, 0.15) is 19.8 Å². The van der Waals surface area contributed by atoms with Gasteiger partial charge in [0, 0.05) is 32.7 Å². The average molecular weight is 375 g/mol. The molecule has 2 aliphatic rings. The fourth-order valence-corrected chi connectivity index (χ4v) is 4.15. The summed E-state index contributed by atoms with van der Waals surface area (Å²) in [5, 5.41) is 12.3. The molecule has 1 aromatic carbocycles. The van der Waals surface area contributed by atoms with Crippen LogP contribution in [-0.4, -0.2) is 61.8 Å². The van der Waals surface area contributed by atoms with Crippen molar-refractivity contribution in [1.29, 1.82) is 0 Å². The van der Waals surface area contributed by atoms with Crippen molar-refractivity contribution in [1.82, 2.24) is 10.2 Å². The van der Waals surface area contributed by atoms with Gasteiger partial charge in [-0.2, -0.15) is 0 Å². The van der Waals surface area contributed by atoms with Crippen molar-refractivity contribution in [3.8, 4) is 5.75 Å². The molecule has 2 saturated heterocycles. The Bertz CT molecular complexity index is 681. The average Bonchev–Trinajstić information content (AvgIpc) is 3.14. The first-order chi connectivity index (χ1) is 13.0. The number of piperidine rings is 1. The van der Waals surface area contributed by atoms with Crippen LogP contribution >= 0.6 is 0 Å². The molecule has 1 aromatic rings. The van der Waals surface area contributed by atoms with Gasteiger partial charge in [-0.15, -0.1) is 0 Å². The van der Waals surface area contributed by atoms with E-state index in [9.17, 15) is 14.7 Å². The number of hydrogen-bond acceptors (Lipinski definition) is 4. The minimum Gasteiger partial charge on any atom is -0.495 e. The van der Waals surface area contributed by atoms with Crippen LogP contribution in [0, 0.1) is 17.8 Å². The molecule has 27 heavy (non-hydrogen) atoms. The Morgan fingerprint density at radius 2 is 2.04 bits per heavy atom. The summed E-state index contributed by atoms with van der Waals surface area (Å²) in [4.78, 5) is 27.7. The van der Waals surface area contributed by atoms with Crippen LogP contribution in [-0.2, 0) is 4.79 Å². The number of methoxy groups -OCH3 is 1. The second-order valence-electron chi connectivity index (χ2n) is 7.74. The Labute approximate surface area is 160 Å². The molecule has 0 radical (unpaired) electrons. The van der Waals surface area contributed by atoms with Gasteiger partial charge in [-0.3, -0.25) is 4.79 Å². The number of nitrogens with one attached hydrogen (secondary N) is 1. The number of ether oxygens (including phenoxy) is 1. The summed E-state index contributed by atoms with van der Waals surface area (Å²) in [6.45, 7) is 5.32. The first-order valence-corrected chi connectivity index (χ1v) is 9.61. The summed E-state index contributed by atoms with van der Waals surface area (Å²) in [6.07, 6.45) is 1.64. The number of carbonyl (C=O) groups is 2. The Kier molecular flexibility index (Phi) is 6.08. The molecule has 2 aliphatic heterocycles. The minimum absolute atomic E-state index is 0.149. The second kappa shape index (κ2) is 8.50. The molecule has 3 unspecified atom stereocenters. The summed E-state index contributed by atoms with van der Waals surface area (Å²) < 4.78 is 5.44. The molecule has 0 saturated carbocycles. The van der Waals surface area contributed by atoms with Crippen molar-refractivity contribution in [2.75, 3.05) is 44.7 Å². The number of para-hydroxylation sites is 2. The largest absolute Gasteiger partial charge is 0.495 e. The third-order valence-electron chi connectivity index (χ3n) is 5.55. The Morgan fingerprint density at radius 3 is 2.78 bits per heavy atom. The van der Waals surface area contributed by atoms with Gasteiger partial charge < -0.3 is 25.0 Å². The number of hydrogen-bond donors (Lipinski definition) is 2. The highest BCUT2D eigenvalue weighted by molar-refractivity contribution is 5.76. The lowest BCUT2D eigenvalue weighted by molar-refractivity contribution is -0.143. The number of carboxylic acids is 1. The molecular weight excluding hydrogens is 346 g/mol. The zero-order valence-electron chi connectivity index (χ0n) is 16.1. The van der Waals surface area contributed by atoms with Gasteiger partial charge >= 0.3 is 12.0 Å². The van der Waals surface area contributed by atoms with E-state index in [0.717, 1.165) is 30.9 Å². The molecule has 2 N–H and O–H groups in total. The molecule has 2 heterocycles. The lowest BCUT2D eigenvalue weighted by Crippen LogP contribution is -2.50. The number of urea groups is 1. The lowest BCUT2D eigenvalue weighted by atomic mass is 9.91. The summed E-state index contributed by atoms with van der Waals surface area (Å²) in [5.41, 5.74) is 1.09. The summed E-state index contributed by atoms with van der Waals surface area (Å²) in [6, 6.07) is 7.83. The summed E-state index contributed by atoms with van der Waals surface area (Å²) in [5.74, 6) is 0.160. The molecule has 0 aromatic heterocycles. The Hall–Kier alpha value is -2.44. The van der Waals surface area contributed by atoms with Gasteiger partial charge in [-0.25, -0.2) is 4.79 Å². The molecule has 2 fully saturated rings. The Balaban J connectivity index is 1.50. The van der Waals surface area contributed by atoms with Gasteiger partial charge in [0.15, 0.2) is 0 Å². The smallest absolute Gasteiger partial charge is 0.317 e. The molecule has 0 bridgehead atoms. The van der Waals surface area contributed by atoms with Crippen molar-refractivity contribution in [3.63, 3.8) is 0 Å². The van der Waals surface area contributed by atoms with Crippen LogP contribution in [0.4, 0.5) is 10.5 Å². The highest BCUT2D eigenvalue weighted by atomic mass is 16.5. The number of nitrogens with zero attached hydrogens (tertiary/aromatic N) is 2. The number of carbonyl (C=O) groups excluding carboxylic acids is 1. The topological polar surface area (TPSA) is 82.1 Å². The number of aliphatic carboxylic acids is 1. The van der Waals surface area contributed by atoms with Crippen molar-refractivity contribution in [3.05, 3.63) is 24.3 Å². The predicted octanol–water partition coefficient (Wildman–Crippen LogP) is 2.27. The standard InChI is InChI=1S/C20H29N3O4/c1-14-9-16(19(24)25)13-23(11-14)20(26)21-10-15-7-8-22(12-15)17-5-3-4-6-18(17)27-2/h3-6,14-16H,7-13H2,1-2H3,(H,21,26)(H,24,25). The Morgan fingerprint density at radius 1 is 1.26 bits per heavy atom. The van der Waals surface area contributed by atoms with Crippen molar-refractivity contribution >= 4 is 17.7 Å². The molecule has 2 amide bonds. The van der Waals surface area contributed by atoms with E-state index in [2.05, 4.69) is 16.3 Å². The van der Waals surface area contributed by atoms with Crippen LogP contribution in [0.3, 0.4) is 0 Å². The molecule has 3 atom stereocenters. The third kappa shape index (κ3) is 4.64. The summed E-state index contributed by atoms with van der Waals surface area (Å²) >= 11 is 0. The number of likely N-dealkylation sites (tertiary alicyclic amines) is 1. The van der Waals surface area contributed by atoms with E-state index < -0.39 is 11.9 Å². The fourth-order valence-electron chi connectivity index (χ4n) is 4.15. The van der Waals surface area contributed by atoms with E-state index in [1.165, 1.54) is 0 Å². The van der Waals surface area contributed by atoms with Gasteiger partial charge in [0.1, 0.15) is 5.75 Å². The maximum atomic E-state index is 12.5. The van der Waals surface area contributed by atoms with E-state index in [1.807, 2.05) is 25.1 Å². The highest BCUT2D eigenvalue weighted by Crippen LogP contribution is 2.31. The normalized spacial score (nSPS) is 25.3. The van der Waals surface area contributed by atoms with Gasteiger partial charge in [0.25, 0.3) is 0 Å². The molecule has 3 rings (SSSR count). The van der Waals surface area contributed by atoms with Crippen LogP contribution in [0.25, 0.3) is 0 Å².